The van der Waals surface area contributed by atoms with Gasteiger partial charge in [-0.2, -0.15) is 0 Å². The molecule has 1 aliphatic carbocycles. The predicted octanol–water partition coefficient (Wildman–Crippen LogP) is 2.62. The second kappa shape index (κ2) is 5.47. The van der Waals surface area contributed by atoms with Gasteiger partial charge in [-0.3, -0.25) is 4.79 Å². The van der Waals surface area contributed by atoms with E-state index in [2.05, 4.69) is 0 Å². The highest BCUT2D eigenvalue weighted by Gasteiger charge is 2.32. The Balaban J connectivity index is 1.91. The lowest BCUT2D eigenvalue weighted by atomic mass is 9.82. The molecule has 0 amide bonds. The van der Waals surface area contributed by atoms with Gasteiger partial charge < -0.3 is 15.4 Å². The molecule has 0 fully saturated rings. The smallest absolute Gasteiger partial charge is 0.257 e. The maximum Gasteiger partial charge on any atom is 0.257 e. The molecule has 3 aromatic rings. The lowest BCUT2D eigenvalue weighted by Crippen LogP contribution is -2.24. The van der Waals surface area contributed by atoms with Gasteiger partial charge in [0.15, 0.2) is 0 Å². The van der Waals surface area contributed by atoms with Crippen molar-refractivity contribution in [3.05, 3.63) is 61.7 Å². The normalized spacial score (nSPS) is 17.3. The first-order chi connectivity index (χ1) is 12.9. The fraction of sp³-hybridized carbons (Fsp3) is 0.333. The first-order valence-corrected chi connectivity index (χ1v) is 9.17. The van der Waals surface area contributed by atoms with Gasteiger partial charge in [-0.25, -0.2) is 9.37 Å². The molecule has 0 bridgehead atoms. The van der Waals surface area contributed by atoms with E-state index < -0.39 is 0 Å². The Labute approximate surface area is 155 Å². The van der Waals surface area contributed by atoms with E-state index in [1.807, 2.05) is 13.0 Å². The molecule has 5 rings (SSSR count). The molecule has 6 heteroatoms. The number of fused-ring (bicyclic) bond motifs is 4. The Morgan fingerprint density at radius 2 is 2.11 bits per heavy atom. The molecule has 2 aliphatic rings. The zero-order valence-electron chi connectivity index (χ0n) is 15.3. The SMILES string of the molecule is Cc1cc2n(c(=O)c1CO)Cc1c-2nc2cc(F)c(C)c3c2c1[C@H](N)CC3. The summed E-state index contributed by atoms with van der Waals surface area (Å²) in [6.07, 6.45) is 1.48. The van der Waals surface area contributed by atoms with Gasteiger partial charge in [0.2, 0.25) is 0 Å². The van der Waals surface area contributed by atoms with E-state index in [4.69, 9.17) is 10.7 Å². The fourth-order valence-corrected chi connectivity index (χ4v) is 4.69. The number of aryl methyl sites for hydroxylation is 2. The molecule has 0 unspecified atom stereocenters. The Morgan fingerprint density at radius 3 is 2.85 bits per heavy atom. The molecule has 5 nitrogen and oxygen atoms in total. The zero-order valence-corrected chi connectivity index (χ0v) is 15.3. The number of rotatable bonds is 1. The molecule has 3 heterocycles. The summed E-state index contributed by atoms with van der Waals surface area (Å²) in [5.41, 5.74) is 13.0. The fourth-order valence-electron chi connectivity index (χ4n) is 4.69. The molecule has 3 N–H and O–H groups in total. The Kier molecular flexibility index (Phi) is 3.36. The van der Waals surface area contributed by atoms with Crippen molar-refractivity contribution in [1.82, 2.24) is 9.55 Å². The third kappa shape index (κ3) is 2.05. The molecule has 0 radical (unpaired) electrons. The van der Waals surface area contributed by atoms with Crippen molar-refractivity contribution in [3.8, 4) is 11.4 Å². The standard InChI is InChI=1S/C21H20FN3O2/c1-9-5-17-20-12(7-25(17)21(27)13(9)8-26)18-15(23)4-3-11-10(2)14(22)6-16(24-20)19(11)18/h5-6,15,26H,3-4,7-8,23H2,1-2H3/t15-/m1/s1. The van der Waals surface area contributed by atoms with E-state index >= 15 is 0 Å². The van der Waals surface area contributed by atoms with Gasteiger partial charge in [0.1, 0.15) is 5.82 Å². The summed E-state index contributed by atoms with van der Waals surface area (Å²) in [6, 6.07) is 3.19. The first kappa shape index (κ1) is 16.6. The van der Waals surface area contributed by atoms with Crippen LogP contribution in [0.5, 0.6) is 0 Å². The van der Waals surface area contributed by atoms with E-state index in [0.29, 0.717) is 34.6 Å². The van der Waals surface area contributed by atoms with Crippen LogP contribution < -0.4 is 11.3 Å². The van der Waals surface area contributed by atoms with E-state index in [9.17, 15) is 14.3 Å². The van der Waals surface area contributed by atoms with Crippen LogP contribution in [-0.4, -0.2) is 14.7 Å². The van der Waals surface area contributed by atoms with Crippen LogP contribution in [0.3, 0.4) is 0 Å². The monoisotopic (exact) mass is 365 g/mol. The van der Waals surface area contributed by atoms with Crippen molar-refractivity contribution in [1.29, 1.82) is 0 Å². The molecule has 1 atom stereocenters. The second-order valence-corrected chi connectivity index (χ2v) is 7.59. The quantitative estimate of drug-likeness (QED) is 0.543. The van der Waals surface area contributed by atoms with Crippen molar-refractivity contribution >= 4 is 10.9 Å². The van der Waals surface area contributed by atoms with Crippen molar-refractivity contribution in [3.63, 3.8) is 0 Å². The van der Waals surface area contributed by atoms with Gasteiger partial charge in [0.05, 0.1) is 30.1 Å². The van der Waals surface area contributed by atoms with Crippen molar-refractivity contribution in [2.45, 2.75) is 45.9 Å². The van der Waals surface area contributed by atoms with Crippen molar-refractivity contribution in [2.24, 2.45) is 5.73 Å². The average molecular weight is 365 g/mol. The number of hydrogen-bond donors (Lipinski definition) is 2. The lowest BCUT2D eigenvalue weighted by Gasteiger charge is -2.26. The Bertz CT molecular complexity index is 1210. The summed E-state index contributed by atoms with van der Waals surface area (Å²) in [4.78, 5) is 17.6. The topological polar surface area (TPSA) is 81.1 Å². The van der Waals surface area contributed by atoms with Crippen LogP contribution in [-0.2, 0) is 19.6 Å². The summed E-state index contributed by atoms with van der Waals surface area (Å²) in [7, 11) is 0. The van der Waals surface area contributed by atoms with Crippen molar-refractivity contribution in [2.75, 3.05) is 0 Å². The van der Waals surface area contributed by atoms with Crippen LogP contribution in [0.15, 0.2) is 16.9 Å². The molecule has 0 saturated heterocycles. The van der Waals surface area contributed by atoms with E-state index in [1.54, 1.807) is 11.5 Å². The highest BCUT2D eigenvalue weighted by molar-refractivity contribution is 5.92. The molecular formula is C21H20FN3O2. The number of aliphatic hydroxyl groups excluding tert-OH is 1. The van der Waals surface area contributed by atoms with Crippen LogP contribution in [0.1, 0.15) is 45.8 Å². The van der Waals surface area contributed by atoms with Crippen LogP contribution in [0.25, 0.3) is 22.3 Å². The van der Waals surface area contributed by atoms with E-state index in [-0.39, 0.29) is 24.0 Å². The van der Waals surface area contributed by atoms with Gasteiger partial charge in [-0.1, -0.05) is 0 Å². The van der Waals surface area contributed by atoms with Gasteiger partial charge in [0.25, 0.3) is 5.56 Å². The van der Waals surface area contributed by atoms with Crippen LogP contribution in [0.2, 0.25) is 0 Å². The average Bonchev–Trinajstić information content (AvgIpc) is 2.99. The van der Waals surface area contributed by atoms with E-state index in [1.165, 1.54) is 6.07 Å². The summed E-state index contributed by atoms with van der Waals surface area (Å²) >= 11 is 0. The molecule has 138 valence electrons. The summed E-state index contributed by atoms with van der Waals surface area (Å²) in [5.74, 6) is -0.256. The largest absolute Gasteiger partial charge is 0.391 e. The molecule has 1 aliphatic heterocycles. The number of benzene rings is 1. The maximum atomic E-state index is 14.5. The molecule has 0 saturated carbocycles. The number of aliphatic hydroxyl groups is 1. The van der Waals surface area contributed by atoms with Gasteiger partial charge in [-0.15, -0.1) is 0 Å². The Morgan fingerprint density at radius 1 is 1.33 bits per heavy atom. The minimum Gasteiger partial charge on any atom is -0.391 e. The number of halogens is 1. The molecular weight excluding hydrogens is 345 g/mol. The van der Waals surface area contributed by atoms with Crippen LogP contribution in [0, 0.1) is 19.7 Å². The summed E-state index contributed by atoms with van der Waals surface area (Å²) in [5, 5.41) is 10.5. The minimum absolute atomic E-state index is 0.162. The minimum atomic E-state index is -0.294. The Hall–Kier alpha value is -2.57. The van der Waals surface area contributed by atoms with E-state index in [0.717, 1.165) is 40.5 Å². The van der Waals surface area contributed by atoms with Gasteiger partial charge in [-0.05, 0) is 55.0 Å². The summed E-state index contributed by atoms with van der Waals surface area (Å²) < 4.78 is 16.1. The van der Waals surface area contributed by atoms with Gasteiger partial charge >= 0.3 is 0 Å². The molecule has 27 heavy (non-hydrogen) atoms. The number of hydrogen-bond acceptors (Lipinski definition) is 4. The lowest BCUT2D eigenvalue weighted by molar-refractivity contribution is 0.278. The molecule has 1 aromatic carbocycles. The highest BCUT2D eigenvalue weighted by Crippen LogP contribution is 2.43. The van der Waals surface area contributed by atoms with Crippen molar-refractivity contribution < 1.29 is 9.50 Å². The number of aromatic nitrogens is 2. The number of pyridine rings is 2. The zero-order chi connectivity index (χ0) is 19.0. The molecule has 2 aromatic heterocycles. The molecule has 0 spiro atoms. The third-order valence-electron chi connectivity index (χ3n) is 6.16. The highest BCUT2D eigenvalue weighted by atomic mass is 19.1. The van der Waals surface area contributed by atoms with Crippen LogP contribution >= 0.6 is 0 Å². The second-order valence-electron chi connectivity index (χ2n) is 7.59. The third-order valence-corrected chi connectivity index (χ3v) is 6.16. The first-order valence-electron chi connectivity index (χ1n) is 9.17. The number of nitrogens with zero attached hydrogens (tertiary/aromatic N) is 2. The summed E-state index contributed by atoms with van der Waals surface area (Å²) in [6.45, 7) is 3.70. The van der Waals surface area contributed by atoms with Gasteiger partial charge in [0, 0.05) is 28.6 Å². The number of nitrogens with two attached hydrogens (primary N) is 1. The predicted molar refractivity (Wildman–Crippen MR) is 101 cm³/mol. The van der Waals surface area contributed by atoms with Crippen LogP contribution in [0.4, 0.5) is 4.39 Å². The maximum absolute atomic E-state index is 14.5.